The number of benzene rings is 1. The molecule has 0 spiro atoms. The molecule has 0 amide bonds. The molecule has 6 nitrogen and oxygen atoms in total. The zero-order valence-corrected chi connectivity index (χ0v) is 17.2. The predicted octanol–water partition coefficient (Wildman–Crippen LogP) is 4.27. The molecule has 0 saturated carbocycles. The van der Waals surface area contributed by atoms with Gasteiger partial charge in [-0.2, -0.15) is 0 Å². The third kappa shape index (κ3) is 3.78. The molecular formula is C23H29N5O. The second-order valence-electron chi connectivity index (χ2n) is 7.28. The van der Waals surface area contributed by atoms with Crippen molar-refractivity contribution in [1.29, 1.82) is 0 Å². The topological polar surface area (TPSA) is 70.0 Å². The van der Waals surface area contributed by atoms with E-state index < -0.39 is 0 Å². The molecule has 1 fully saturated rings. The highest BCUT2D eigenvalue weighted by atomic mass is 16.3. The molecule has 0 unspecified atom stereocenters. The number of pyridine rings is 1. The maximum absolute atomic E-state index is 9.90. The number of aromatic nitrogens is 4. The van der Waals surface area contributed by atoms with Gasteiger partial charge in [0, 0.05) is 37.3 Å². The Labute approximate surface area is 171 Å². The molecule has 5 rings (SSSR count). The molecule has 1 saturated heterocycles. The number of aliphatic hydroxyl groups excluding tert-OH is 1. The van der Waals surface area contributed by atoms with Crippen molar-refractivity contribution in [2.75, 3.05) is 13.1 Å². The van der Waals surface area contributed by atoms with E-state index in [1.54, 1.807) is 6.20 Å². The van der Waals surface area contributed by atoms with E-state index in [1.165, 1.54) is 5.56 Å². The first kappa shape index (κ1) is 19.6. The Balaban J connectivity index is 0.000000994. The molecule has 29 heavy (non-hydrogen) atoms. The Morgan fingerprint density at radius 1 is 1.10 bits per heavy atom. The van der Waals surface area contributed by atoms with Crippen LogP contribution in [-0.2, 0) is 13.2 Å². The number of nitrogens with zero attached hydrogens (tertiary/aromatic N) is 4. The molecular weight excluding hydrogens is 362 g/mol. The monoisotopic (exact) mass is 391 g/mol. The summed E-state index contributed by atoms with van der Waals surface area (Å²) in [6.45, 7) is 7.04. The fraction of sp³-hybridized carbons (Fsp3) is 0.391. The van der Waals surface area contributed by atoms with Gasteiger partial charge in [0.05, 0.1) is 11.7 Å². The van der Waals surface area contributed by atoms with Crippen LogP contribution in [0.15, 0.2) is 48.8 Å². The predicted molar refractivity (Wildman–Crippen MR) is 117 cm³/mol. The summed E-state index contributed by atoms with van der Waals surface area (Å²) in [6.07, 6.45) is 5.82. The van der Waals surface area contributed by atoms with Gasteiger partial charge in [0.25, 0.3) is 0 Å². The van der Waals surface area contributed by atoms with E-state index in [-0.39, 0.29) is 6.61 Å². The second kappa shape index (κ2) is 8.76. The lowest BCUT2D eigenvalue weighted by Crippen LogP contribution is -2.34. The summed E-state index contributed by atoms with van der Waals surface area (Å²) in [5.41, 5.74) is 4.18. The first-order valence-corrected chi connectivity index (χ1v) is 10.5. The van der Waals surface area contributed by atoms with Crippen LogP contribution >= 0.6 is 0 Å². The first-order valence-electron chi connectivity index (χ1n) is 10.5. The number of nitrogens with one attached hydrogen (secondary N) is 1. The minimum Gasteiger partial charge on any atom is -0.388 e. The number of hydrogen-bond donors (Lipinski definition) is 2. The highest BCUT2D eigenvalue weighted by Crippen LogP contribution is 2.32. The molecule has 2 N–H and O–H groups in total. The molecule has 0 radical (unpaired) electrons. The third-order valence-corrected chi connectivity index (χ3v) is 5.62. The van der Waals surface area contributed by atoms with Crippen LogP contribution in [0, 0.1) is 0 Å². The third-order valence-electron chi connectivity index (χ3n) is 5.62. The number of likely N-dealkylation sites (tertiary alicyclic amines) is 1. The van der Waals surface area contributed by atoms with Crippen LogP contribution < -0.4 is 0 Å². The van der Waals surface area contributed by atoms with Crippen molar-refractivity contribution in [2.45, 2.75) is 45.9 Å². The molecule has 0 atom stereocenters. The van der Waals surface area contributed by atoms with Crippen molar-refractivity contribution >= 4 is 22.1 Å². The van der Waals surface area contributed by atoms with E-state index in [4.69, 9.17) is 0 Å². The molecule has 0 bridgehead atoms. The van der Waals surface area contributed by atoms with Crippen LogP contribution in [0.5, 0.6) is 0 Å². The van der Waals surface area contributed by atoms with Crippen molar-refractivity contribution in [3.8, 4) is 0 Å². The fourth-order valence-electron chi connectivity index (χ4n) is 4.32. The van der Waals surface area contributed by atoms with E-state index in [0.29, 0.717) is 6.04 Å². The molecule has 1 aliphatic rings. The lowest BCUT2D eigenvalue weighted by atomic mass is 10.0. The molecule has 1 aromatic carbocycles. The quantitative estimate of drug-likeness (QED) is 0.545. The Bertz CT molecular complexity index is 1060. The lowest BCUT2D eigenvalue weighted by molar-refractivity contribution is 0.174. The Hall–Kier alpha value is -2.70. The minimum absolute atomic E-state index is 0.0508. The highest BCUT2D eigenvalue weighted by molar-refractivity contribution is 6.01. The largest absolute Gasteiger partial charge is 0.388 e. The van der Waals surface area contributed by atoms with E-state index in [2.05, 4.69) is 60.8 Å². The molecule has 4 aromatic rings. The summed E-state index contributed by atoms with van der Waals surface area (Å²) in [7, 11) is 0. The average Bonchev–Trinajstić information content (AvgIpc) is 3.40. The SMILES string of the molecule is CC.OCc1nc2cnc3[nH]ccc3c2n1C1CCN(Cc2ccccc2)CC1. The number of H-pyrrole nitrogens is 1. The normalized spacial score (nSPS) is 15.6. The van der Waals surface area contributed by atoms with E-state index in [0.717, 1.165) is 60.4 Å². The van der Waals surface area contributed by atoms with Crippen LogP contribution in [0.2, 0.25) is 0 Å². The van der Waals surface area contributed by atoms with E-state index >= 15 is 0 Å². The fourth-order valence-corrected chi connectivity index (χ4v) is 4.32. The van der Waals surface area contributed by atoms with Gasteiger partial charge in [0.2, 0.25) is 0 Å². The van der Waals surface area contributed by atoms with Crippen molar-refractivity contribution in [3.05, 3.63) is 60.2 Å². The van der Waals surface area contributed by atoms with Crippen LogP contribution in [0.1, 0.15) is 44.1 Å². The van der Waals surface area contributed by atoms with Gasteiger partial charge in [0.15, 0.2) is 0 Å². The van der Waals surface area contributed by atoms with Gasteiger partial charge < -0.3 is 14.7 Å². The summed E-state index contributed by atoms with van der Waals surface area (Å²) < 4.78 is 2.26. The summed E-state index contributed by atoms with van der Waals surface area (Å²) in [4.78, 5) is 14.8. The maximum Gasteiger partial charge on any atom is 0.139 e. The molecule has 1 aliphatic heterocycles. The minimum atomic E-state index is -0.0508. The smallest absolute Gasteiger partial charge is 0.139 e. The molecule has 3 aromatic heterocycles. The van der Waals surface area contributed by atoms with Gasteiger partial charge in [-0.25, -0.2) is 9.97 Å². The van der Waals surface area contributed by atoms with Gasteiger partial charge in [-0.15, -0.1) is 0 Å². The maximum atomic E-state index is 9.90. The van der Waals surface area contributed by atoms with Crippen LogP contribution in [0.3, 0.4) is 0 Å². The van der Waals surface area contributed by atoms with Crippen molar-refractivity contribution in [2.24, 2.45) is 0 Å². The highest BCUT2D eigenvalue weighted by Gasteiger charge is 2.25. The molecule has 6 heteroatoms. The summed E-state index contributed by atoms with van der Waals surface area (Å²) >= 11 is 0. The summed E-state index contributed by atoms with van der Waals surface area (Å²) in [5.74, 6) is 0.738. The average molecular weight is 392 g/mol. The number of piperidine rings is 1. The Morgan fingerprint density at radius 2 is 1.86 bits per heavy atom. The number of aromatic amines is 1. The van der Waals surface area contributed by atoms with Gasteiger partial charge in [-0.1, -0.05) is 44.2 Å². The second-order valence-corrected chi connectivity index (χ2v) is 7.28. The van der Waals surface area contributed by atoms with Crippen molar-refractivity contribution in [1.82, 2.24) is 24.4 Å². The van der Waals surface area contributed by atoms with Crippen molar-refractivity contribution < 1.29 is 5.11 Å². The Morgan fingerprint density at radius 3 is 2.59 bits per heavy atom. The molecule has 152 valence electrons. The summed E-state index contributed by atoms with van der Waals surface area (Å²) in [6, 6.07) is 13.0. The van der Waals surface area contributed by atoms with Crippen molar-refractivity contribution in [3.63, 3.8) is 0 Å². The number of fused-ring (bicyclic) bond motifs is 3. The van der Waals surface area contributed by atoms with Crippen LogP contribution in [0.4, 0.5) is 0 Å². The van der Waals surface area contributed by atoms with E-state index in [1.807, 2.05) is 20.0 Å². The lowest BCUT2D eigenvalue weighted by Gasteiger charge is -2.33. The zero-order chi connectivity index (χ0) is 20.2. The van der Waals surface area contributed by atoms with Gasteiger partial charge in [0.1, 0.15) is 23.6 Å². The first-order chi connectivity index (χ1) is 14.3. The van der Waals surface area contributed by atoms with E-state index in [9.17, 15) is 5.11 Å². The number of rotatable bonds is 4. The number of aliphatic hydroxyl groups is 1. The number of hydrogen-bond acceptors (Lipinski definition) is 4. The van der Waals surface area contributed by atoms with Gasteiger partial charge >= 0.3 is 0 Å². The number of imidazole rings is 1. The standard InChI is InChI=1S/C21H23N5O.C2H6/c27-14-19-24-18-12-23-21-17(6-9-22-21)20(18)26(19)16-7-10-25(11-8-16)13-15-4-2-1-3-5-15;1-2/h1-6,9,12,16,27H,7-8,10-11,13-14H2,(H,22,23);1-2H3. The zero-order valence-electron chi connectivity index (χ0n) is 17.2. The molecule has 4 heterocycles. The van der Waals surface area contributed by atoms with Crippen LogP contribution in [0.25, 0.3) is 22.1 Å². The van der Waals surface area contributed by atoms with Gasteiger partial charge in [-0.3, -0.25) is 4.90 Å². The Kier molecular flexibility index (Phi) is 5.92. The summed E-state index contributed by atoms with van der Waals surface area (Å²) in [5, 5.41) is 11.0. The molecule has 0 aliphatic carbocycles. The van der Waals surface area contributed by atoms with Crippen LogP contribution in [-0.4, -0.2) is 42.6 Å². The van der Waals surface area contributed by atoms with Gasteiger partial charge in [-0.05, 0) is 24.5 Å².